The summed E-state index contributed by atoms with van der Waals surface area (Å²) in [6.07, 6.45) is 0. The second-order valence-corrected chi connectivity index (χ2v) is 17.9. The quantitative estimate of drug-likeness (QED) is 0.162. The Kier molecular flexibility index (Phi) is 7.73. The summed E-state index contributed by atoms with van der Waals surface area (Å²) < 4.78 is 2.57. The molecule has 12 rings (SSSR count). The smallest absolute Gasteiger partial charge is 0.0720 e. The van der Waals surface area contributed by atoms with E-state index in [-0.39, 0.29) is 5.41 Å². The minimum atomic E-state index is -0.474. The topological polar surface area (TPSA) is 3.24 Å². The maximum atomic E-state index is 2.49. The van der Waals surface area contributed by atoms with Crippen molar-refractivity contribution < 1.29 is 0 Å². The molecular weight excluding hydrogens is 743 g/mol. The van der Waals surface area contributed by atoms with E-state index in [1.165, 1.54) is 92.6 Å². The summed E-state index contributed by atoms with van der Waals surface area (Å²) in [4.78, 5) is 2.49. The van der Waals surface area contributed by atoms with Crippen molar-refractivity contribution in [2.45, 2.75) is 24.7 Å². The van der Waals surface area contributed by atoms with Crippen LogP contribution in [0.15, 0.2) is 212 Å². The molecule has 0 fully saturated rings. The third-order valence-electron chi connectivity index (χ3n) is 13.4. The molecule has 1 heterocycles. The van der Waals surface area contributed by atoms with Crippen LogP contribution in [0.5, 0.6) is 0 Å². The van der Waals surface area contributed by atoms with Crippen molar-refractivity contribution in [3.05, 3.63) is 246 Å². The van der Waals surface area contributed by atoms with Crippen LogP contribution in [0.2, 0.25) is 0 Å². The molecule has 284 valence electrons. The summed E-state index contributed by atoms with van der Waals surface area (Å²) in [5.41, 5.74) is 18.6. The van der Waals surface area contributed by atoms with Crippen LogP contribution >= 0.6 is 11.3 Å². The standard InChI is InChI=1S/C58H41NS/c1-57(2)47-24-12-11-23-45(47)55-50(57)27-15-29-52(55)59(41-33-31-39(32-34-41)38-17-5-3-6-18-38)42-35-36-46-54(37-42)60-53-30-16-28-51(56(46)53)58(40-19-7-4-8-20-40)48-25-13-9-21-43(48)44-22-10-14-26-49(44)58/h3-37H,1-2H3. The normalized spacial score (nSPS) is 14.1. The Morgan fingerprint density at radius 1 is 0.400 bits per heavy atom. The van der Waals surface area contributed by atoms with E-state index in [0.29, 0.717) is 0 Å². The largest absolute Gasteiger partial charge is 0.310 e. The van der Waals surface area contributed by atoms with Gasteiger partial charge in [-0.3, -0.25) is 0 Å². The Bertz CT molecular complexity index is 3240. The molecule has 1 nitrogen and oxygen atoms in total. The van der Waals surface area contributed by atoms with Gasteiger partial charge < -0.3 is 4.90 Å². The Morgan fingerprint density at radius 2 is 0.950 bits per heavy atom. The van der Waals surface area contributed by atoms with Gasteiger partial charge in [0.2, 0.25) is 0 Å². The molecule has 10 aromatic rings. The molecule has 0 bridgehead atoms. The molecule has 0 atom stereocenters. The molecule has 2 heteroatoms. The molecule has 1 aromatic heterocycles. The predicted octanol–water partition coefficient (Wildman–Crippen LogP) is 15.9. The zero-order chi connectivity index (χ0) is 40.0. The molecule has 0 saturated carbocycles. The van der Waals surface area contributed by atoms with Crippen LogP contribution in [0.4, 0.5) is 17.1 Å². The van der Waals surface area contributed by atoms with E-state index in [1.54, 1.807) is 0 Å². The van der Waals surface area contributed by atoms with Gasteiger partial charge in [0.05, 0.1) is 11.1 Å². The van der Waals surface area contributed by atoms with E-state index in [2.05, 4.69) is 231 Å². The lowest BCUT2D eigenvalue weighted by atomic mass is 9.66. The Morgan fingerprint density at radius 3 is 1.67 bits per heavy atom. The first-order valence-corrected chi connectivity index (χ1v) is 21.7. The number of thiophene rings is 1. The predicted molar refractivity (Wildman–Crippen MR) is 254 cm³/mol. The number of fused-ring (bicyclic) bond motifs is 9. The third-order valence-corrected chi connectivity index (χ3v) is 14.5. The Labute approximate surface area is 355 Å². The van der Waals surface area contributed by atoms with Crippen molar-refractivity contribution in [1.29, 1.82) is 0 Å². The van der Waals surface area contributed by atoms with Crippen LogP contribution in [0.25, 0.3) is 53.6 Å². The molecular formula is C58H41NS. The second kappa shape index (κ2) is 13.3. The van der Waals surface area contributed by atoms with Crippen molar-refractivity contribution in [2.75, 3.05) is 4.90 Å². The van der Waals surface area contributed by atoms with Crippen molar-refractivity contribution >= 4 is 48.6 Å². The monoisotopic (exact) mass is 783 g/mol. The SMILES string of the molecule is CC1(C)c2ccccc2-c2c(N(c3ccc(-c4ccccc4)cc3)c3ccc4c(c3)sc3cccc(C5(c6ccccc6)c6ccccc6-c6ccccc65)c34)cccc21. The number of benzene rings is 9. The molecule has 0 spiro atoms. The van der Waals surface area contributed by atoms with Gasteiger partial charge in [-0.15, -0.1) is 11.3 Å². The van der Waals surface area contributed by atoms with Gasteiger partial charge in [0.15, 0.2) is 0 Å². The van der Waals surface area contributed by atoms with E-state index < -0.39 is 5.41 Å². The molecule has 60 heavy (non-hydrogen) atoms. The average Bonchev–Trinajstić information content (AvgIpc) is 3.91. The van der Waals surface area contributed by atoms with Crippen molar-refractivity contribution in [2.24, 2.45) is 0 Å². The van der Waals surface area contributed by atoms with E-state index >= 15 is 0 Å². The average molecular weight is 784 g/mol. The summed E-state index contributed by atoms with van der Waals surface area (Å²) in [5, 5.41) is 2.62. The maximum absolute atomic E-state index is 2.49. The lowest BCUT2D eigenvalue weighted by molar-refractivity contribution is 0.660. The minimum absolute atomic E-state index is 0.108. The Hall–Kier alpha value is -7.00. The summed E-state index contributed by atoms with van der Waals surface area (Å²) in [6, 6.07) is 79.1. The van der Waals surface area contributed by atoms with Crippen LogP contribution < -0.4 is 4.90 Å². The second-order valence-electron chi connectivity index (χ2n) is 16.8. The first kappa shape index (κ1) is 35.0. The van der Waals surface area contributed by atoms with Crippen molar-refractivity contribution in [1.82, 2.24) is 0 Å². The third kappa shape index (κ3) is 4.92. The van der Waals surface area contributed by atoms with Gasteiger partial charge in [-0.25, -0.2) is 0 Å². The highest BCUT2D eigenvalue weighted by Gasteiger charge is 2.47. The molecule has 2 aliphatic rings. The lowest BCUT2D eigenvalue weighted by Crippen LogP contribution is -2.28. The Balaban J connectivity index is 1.10. The fraction of sp³-hybridized carbons (Fsp3) is 0.0690. The van der Waals surface area contributed by atoms with Gasteiger partial charge in [-0.2, -0.15) is 0 Å². The first-order valence-electron chi connectivity index (χ1n) is 20.9. The number of nitrogens with zero attached hydrogens (tertiary/aromatic N) is 1. The van der Waals surface area contributed by atoms with E-state index in [9.17, 15) is 0 Å². The van der Waals surface area contributed by atoms with E-state index in [0.717, 1.165) is 11.4 Å². The number of anilines is 3. The van der Waals surface area contributed by atoms with Gasteiger partial charge in [0.1, 0.15) is 0 Å². The molecule has 0 N–H and O–H groups in total. The maximum Gasteiger partial charge on any atom is 0.0720 e. The van der Waals surface area contributed by atoms with Crippen molar-refractivity contribution in [3.8, 4) is 33.4 Å². The summed E-state index contributed by atoms with van der Waals surface area (Å²) in [5.74, 6) is 0. The van der Waals surface area contributed by atoms with Crippen LogP contribution in [-0.4, -0.2) is 0 Å². The van der Waals surface area contributed by atoms with Crippen LogP contribution in [0.3, 0.4) is 0 Å². The highest BCUT2D eigenvalue weighted by Crippen LogP contribution is 2.59. The summed E-state index contributed by atoms with van der Waals surface area (Å²) >= 11 is 1.90. The van der Waals surface area contributed by atoms with Crippen molar-refractivity contribution in [3.63, 3.8) is 0 Å². The molecule has 0 radical (unpaired) electrons. The molecule has 0 aliphatic heterocycles. The zero-order valence-electron chi connectivity index (χ0n) is 33.6. The summed E-state index contributed by atoms with van der Waals surface area (Å²) in [6.45, 7) is 4.73. The minimum Gasteiger partial charge on any atom is -0.310 e. The van der Waals surface area contributed by atoms with E-state index in [1.807, 2.05) is 11.3 Å². The molecule has 9 aromatic carbocycles. The highest BCUT2D eigenvalue weighted by molar-refractivity contribution is 7.25. The zero-order valence-corrected chi connectivity index (χ0v) is 34.4. The summed E-state index contributed by atoms with van der Waals surface area (Å²) in [7, 11) is 0. The fourth-order valence-electron chi connectivity index (χ4n) is 10.7. The number of hydrogen-bond donors (Lipinski definition) is 0. The lowest BCUT2D eigenvalue weighted by Gasteiger charge is -2.34. The number of rotatable bonds is 6. The van der Waals surface area contributed by atoms with Gasteiger partial charge in [-0.05, 0) is 97.6 Å². The van der Waals surface area contributed by atoms with Gasteiger partial charge in [0.25, 0.3) is 0 Å². The highest BCUT2D eigenvalue weighted by atomic mass is 32.1. The van der Waals surface area contributed by atoms with Gasteiger partial charge in [-0.1, -0.05) is 190 Å². The molecule has 0 amide bonds. The van der Waals surface area contributed by atoms with Crippen LogP contribution in [0.1, 0.15) is 47.2 Å². The molecule has 0 saturated heterocycles. The van der Waals surface area contributed by atoms with E-state index in [4.69, 9.17) is 0 Å². The van der Waals surface area contributed by atoms with Gasteiger partial charge >= 0.3 is 0 Å². The van der Waals surface area contributed by atoms with Gasteiger partial charge in [0, 0.05) is 42.5 Å². The molecule has 2 aliphatic carbocycles. The first-order chi connectivity index (χ1) is 29.5. The van der Waals surface area contributed by atoms with Crippen LogP contribution in [-0.2, 0) is 10.8 Å². The number of hydrogen-bond acceptors (Lipinski definition) is 2. The van der Waals surface area contributed by atoms with Crippen LogP contribution in [0, 0.1) is 0 Å². The fourth-order valence-corrected chi connectivity index (χ4v) is 11.9. The molecule has 0 unspecified atom stereocenters.